The summed E-state index contributed by atoms with van der Waals surface area (Å²) in [6.07, 6.45) is 5.68. The summed E-state index contributed by atoms with van der Waals surface area (Å²) in [5.74, 6) is -1.36. The highest BCUT2D eigenvalue weighted by atomic mass is 19.1. The maximum Gasteiger partial charge on any atom is 0.232 e. The summed E-state index contributed by atoms with van der Waals surface area (Å²) < 4.78 is 27.5. The molecule has 1 aromatic rings. The van der Waals surface area contributed by atoms with Crippen molar-refractivity contribution in [2.75, 3.05) is 4.90 Å². The number of halogens is 2. The minimum Gasteiger partial charge on any atom is -0.306 e. The van der Waals surface area contributed by atoms with Gasteiger partial charge in [0.1, 0.15) is 11.6 Å². The fourth-order valence-corrected chi connectivity index (χ4v) is 2.97. The van der Waals surface area contributed by atoms with Crippen LogP contribution >= 0.6 is 0 Å². The van der Waals surface area contributed by atoms with Gasteiger partial charge >= 0.3 is 0 Å². The van der Waals surface area contributed by atoms with Gasteiger partial charge in [-0.1, -0.05) is 40.0 Å². The second-order valence-corrected chi connectivity index (χ2v) is 6.80. The second-order valence-electron chi connectivity index (χ2n) is 6.80. The van der Waals surface area contributed by atoms with Gasteiger partial charge in [-0.05, 0) is 31.4 Å². The summed E-state index contributed by atoms with van der Waals surface area (Å²) >= 11 is 0. The summed E-state index contributed by atoms with van der Waals surface area (Å²) in [7, 11) is 0. The Labute approximate surface area is 131 Å². The number of carbonyl (C=O) groups is 1. The van der Waals surface area contributed by atoms with Crippen LogP contribution in [0.2, 0.25) is 0 Å². The highest BCUT2D eigenvalue weighted by Gasteiger charge is 2.36. The molecule has 0 bridgehead atoms. The largest absolute Gasteiger partial charge is 0.306 e. The summed E-state index contributed by atoms with van der Waals surface area (Å²) in [4.78, 5) is 14.6. The molecule has 0 N–H and O–H groups in total. The van der Waals surface area contributed by atoms with Gasteiger partial charge in [0.2, 0.25) is 5.91 Å². The third-order valence-electron chi connectivity index (χ3n) is 4.79. The number of amides is 1. The van der Waals surface area contributed by atoms with Crippen LogP contribution in [0.25, 0.3) is 0 Å². The molecular weight excluding hydrogens is 284 g/mol. The van der Waals surface area contributed by atoms with E-state index in [1.165, 1.54) is 12.1 Å². The number of carbonyl (C=O) groups excluding carboxylic acids is 1. The first kappa shape index (κ1) is 16.9. The quantitative estimate of drug-likeness (QED) is 0.760. The van der Waals surface area contributed by atoms with Crippen LogP contribution in [0.4, 0.5) is 14.5 Å². The molecule has 0 saturated heterocycles. The van der Waals surface area contributed by atoms with Crippen LogP contribution in [0.3, 0.4) is 0 Å². The average Bonchev–Trinajstić information content (AvgIpc) is 2.50. The fraction of sp³-hybridized carbons (Fsp3) is 0.611. The van der Waals surface area contributed by atoms with E-state index < -0.39 is 17.0 Å². The molecule has 2 rings (SSSR count). The molecule has 4 heteroatoms. The lowest BCUT2D eigenvalue weighted by atomic mass is 9.85. The molecule has 0 aliphatic heterocycles. The Morgan fingerprint density at radius 1 is 1.23 bits per heavy atom. The van der Waals surface area contributed by atoms with E-state index in [-0.39, 0.29) is 17.6 Å². The van der Waals surface area contributed by atoms with Crippen molar-refractivity contribution in [1.82, 2.24) is 0 Å². The van der Waals surface area contributed by atoms with Gasteiger partial charge in [-0.25, -0.2) is 8.78 Å². The Bertz CT molecular complexity index is 536. The van der Waals surface area contributed by atoms with Crippen LogP contribution in [0.5, 0.6) is 0 Å². The molecule has 2 nitrogen and oxygen atoms in total. The van der Waals surface area contributed by atoms with Crippen molar-refractivity contribution in [2.45, 2.75) is 65.3 Å². The van der Waals surface area contributed by atoms with E-state index in [0.717, 1.165) is 38.2 Å². The van der Waals surface area contributed by atoms with Gasteiger partial charge in [0, 0.05) is 17.5 Å². The van der Waals surface area contributed by atoms with Gasteiger partial charge in [0.05, 0.1) is 5.69 Å². The van der Waals surface area contributed by atoms with Crippen LogP contribution in [0.1, 0.15) is 59.3 Å². The van der Waals surface area contributed by atoms with Crippen molar-refractivity contribution in [3.8, 4) is 0 Å². The number of benzene rings is 1. The zero-order chi connectivity index (χ0) is 16.3. The summed E-state index contributed by atoms with van der Waals surface area (Å²) in [6, 6.07) is 3.48. The van der Waals surface area contributed by atoms with Crippen LogP contribution in [0, 0.1) is 17.0 Å². The van der Waals surface area contributed by atoms with E-state index in [1.807, 2.05) is 20.8 Å². The lowest BCUT2D eigenvalue weighted by Crippen LogP contribution is -2.48. The number of rotatable bonds is 4. The summed E-state index contributed by atoms with van der Waals surface area (Å²) in [5.41, 5.74) is -0.349. The number of hydrogen-bond acceptors (Lipinski definition) is 1. The number of hydrogen-bond donors (Lipinski definition) is 0. The minimum atomic E-state index is -0.661. The smallest absolute Gasteiger partial charge is 0.232 e. The van der Waals surface area contributed by atoms with E-state index in [4.69, 9.17) is 0 Å². The highest BCUT2D eigenvalue weighted by molar-refractivity contribution is 5.97. The third kappa shape index (κ3) is 3.47. The van der Waals surface area contributed by atoms with Crippen molar-refractivity contribution in [2.24, 2.45) is 5.41 Å². The molecule has 1 saturated carbocycles. The van der Waals surface area contributed by atoms with Gasteiger partial charge in [-0.3, -0.25) is 4.79 Å². The predicted molar refractivity (Wildman–Crippen MR) is 84.8 cm³/mol. The van der Waals surface area contributed by atoms with Crippen molar-refractivity contribution >= 4 is 11.6 Å². The molecular formula is C18H25F2NO. The van der Waals surface area contributed by atoms with E-state index in [0.29, 0.717) is 6.42 Å². The Kier molecular flexibility index (Phi) is 5.20. The van der Waals surface area contributed by atoms with Crippen LogP contribution in [0.15, 0.2) is 18.2 Å². The maximum absolute atomic E-state index is 14.3. The molecule has 1 aromatic carbocycles. The lowest BCUT2D eigenvalue weighted by Gasteiger charge is -2.39. The minimum absolute atomic E-state index is 0.00652. The van der Waals surface area contributed by atoms with Gasteiger partial charge in [-0.2, -0.15) is 0 Å². The first-order valence-electron chi connectivity index (χ1n) is 8.15. The predicted octanol–water partition coefficient (Wildman–Crippen LogP) is 5.07. The molecule has 1 aliphatic rings. The van der Waals surface area contributed by atoms with Gasteiger partial charge in [-0.15, -0.1) is 0 Å². The fourth-order valence-electron chi connectivity index (χ4n) is 2.97. The van der Waals surface area contributed by atoms with E-state index in [9.17, 15) is 13.6 Å². The molecule has 22 heavy (non-hydrogen) atoms. The van der Waals surface area contributed by atoms with Crippen molar-refractivity contribution < 1.29 is 13.6 Å². The van der Waals surface area contributed by atoms with Crippen LogP contribution in [-0.2, 0) is 4.79 Å². The molecule has 122 valence electrons. The zero-order valence-corrected chi connectivity index (χ0v) is 13.7. The Morgan fingerprint density at radius 3 is 2.41 bits per heavy atom. The van der Waals surface area contributed by atoms with E-state index in [1.54, 1.807) is 4.90 Å². The maximum atomic E-state index is 14.3. The Morgan fingerprint density at radius 2 is 1.86 bits per heavy atom. The van der Waals surface area contributed by atoms with Gasteiger partial charge in [0.15, 0.2) is 0 Å². The standard InChI is InChI=1S/C18H25F2NO/c1-4-18(2,3)17(22)21(14-8-6-5-7-9-14)16-11-10-13(19)12-15(16)20/h10-12,14H,4-9H2,1-3H3. The molecule has 0 heterocycles. The van der Waals surface area contributed by atoms with E-state index in [2.05, 4.69) is 0 Å². The Hall–Kier alpha value is -1.45. The van der Waals surface area contributed by atoms with Gasteiger partial charge in [0.25, 0.3) is 0 Å². The van der Waals surface area contributed by atoms with Crippen LogP contribution in [-0.4, -0.2) is 11.9 Å². The van der Waals surface area contributed by atoms with E-state index >= 15 is 0 Å². The molecule has 0 atom stereocenters. The molecule has 0 aromatic heterocycles. The lowest BCUT2D eigenvalue weighted by molar-refractivity contribution is -0.127. The highest BCUT2D eigenvalue weighted by Crippen LogP contribution is 2.34. The second kappa shape index (κ2) is 6.76. The topological polar surface area (TPSA) is 20.3 Å². The van der Waals surface area contributed by atoms with Crippen molar-refractivity contribution in [3.05, 3.63) is 29.8 Å². The van der Waals surface area contributed by atoms with Crippen molar-refractivity contribution in [1.29, 1.82) is 0 Å². The van der Waals surface area contributed by atoms with Gasteiger partial charge < -0.3 is 4.90 Å². The molecule has 1 aliphatic carbocycles. The number of nitrogens with zero attached hydrogens (tertiary/aromatic N) is 1. The normalized spacial score (nSPS) is 16.6. The van der Waals surface area contributed by atoms with Crippen LogP contribution < -0.4 is 4.90 Å². The first-order valence-corrected chi connectivity index (χ1v) is 8.15. The summed E-state index contributed by atoms with van der Waals surface area (Å²) in [6.45, 7) is 5.72. The molecule has 0 spiro atoms. The molecule has 0 unspecified atom stereocenters. The monoisotopic (exact) mass is 309 g/mol. The first-order chi connectivity index (χ1) is 10.4. The average molecular weight is 309 g/mol. The third-order valence-corrected chi connectivity index (χ3v) is 4.79. The Balaban J connectivity index is 2.42. The summed E-state index contributed by atoms with van der Waals surface area (Å²) in [5, 5.41) is 0. The molecule has 1 fully saturated rings. The molecule has 0 radical (unpaired) electrons. The van der Waals surface area contributed by atoms with Crippen molar-refractivity contribution in [3.63, 3.8) is 0 Å². The molecule has 1 amide bonds. The number of anilines is 1. The SMILES string of the molecule is CCC(C)(C)C(=O)N(c1ccc(F)cc1F)C1CCCCC1. The zero-order valence-electron chi connectivity index (χ0n) is 13.7.